The molecule has 624 valence electrons. The van der Waals surface area contributed by atoms with E-state index in [1.807, 2.05) is 130 Å². The second-order valence-electron chi connectivity index (χ2n) is 32.5. The van der Waals surface area contributed by atoms with E-state index in [0.29, 0.717) is 69.6 Å². The van der Waals surface area contributed by atoms with Gasteiger partial charge in [-0.15, -0.1) is 0 Å². The van der Waals surface area contributed by atoms with Gasteiger partial charge in [-0.05, 0) is 193 Å². The first-order valence-corrected chi connectivity index (χ1v) is 41.0. The number of carbonyl (C=O) groups excluding carboxylic acids is 3. The van der Waals surface area contributed by atoms with Crippen LogP contribution < -0.4 is 16.0 Å². The number of piperazine rings is 3. The summed E-state index contributed by atoms with van der Waals surface area (Å²) in [6, 6.07) is 21.0. The summed E-state index contributed by atoms with van der Waals surface area (Å²) >= 11 is 0. The zero-order valence-electron chi connectivity index (χ0n) is 69.6. The maximum Gasteiger partial charge on any atom is 0.240 e. The maximum atomic E-state index is 15.0. The third-order valence-electron chi connectivity index (χ3n) is 24.4. The molecule has 9 aliphatic rings. The molecule has 3 aromatic carbocycles. The van der Waals surface area contributed by atoms with Crippen molar-refractivity contribution in [2.24, 2.45) is 0 Å². The molecule has 9 atom stereocenters. The molecule has 33 heteroatoms. The third kappa shape index (κ3) is 15.0. The van der Waals surface area contributed by atoms with E-state index in [2.05, 4.69) is 111 Å². The molecule has 3 N–H and O–H groups in total. The van der Waals surface area contributed by atoms with E-state index in [1.54, 1.807) is 55.0 Å². The topological polar surface area (TPSA) is 276 Å². The lowest BCUT2D eigenvalue weighted by Gasteiger charge is -2.56. The van der Waals surface area contributed by atoms with E-state index < -0.39 is 34.9 Å². The number of rotatable bonds is 21. The van der Waals surface area contributed by atoms with Gasteiger partial charge in [-0.25, -0.2) is 86.2 Å². The minimum atomic E-state index is -0.667. The SMILES string of the molecule is CCN1C2CC1C(=O)N(C(C)c1ccc(Nc3ncc(F)c(-c4cc(F)c5nc(C)n(C(C)C)c5c4)n3)nc1)C2.CCN1C2CC1C(=O)N([C@@H](C)c1ccc(Nc3ncc(F)c(-c4cc(F)c5nc(C)n(C(C)C)c5c4)n3)nc1)C2.CCN1C2CC1C(=O)N([C@H](C)c1ccc(Nc3ncc(F)c(-c4cc(F)c5nc(C)n(C(C)C)c5c4)n3)nc1)C2. The van der Waals surface area contributed by atoms with E-state index in [9.17, 15) is 40.7 Å². The van der Waals surface area contributed by atoms with Crippen LogP contribution >= 0.6 is 0 Å². The van der Waals surface area contributed by atoms with Crippen molar-refractivity contribution in [2.75, 3.05) is 55.2 Å². The summed E-state index contributed by atoms with van der Waals surface area (Å²) in [5.74, 6) is 0.725. The normalized spacial score (nSPS) is 19.8. The number of carbonyl (C=O) groups is 3. The Morgan fingerprint density at radius 1 is 0.358 bits per heavy atom. The standard InChI is InChI=1S/3C29H32F2N8O/c3*1-6-37-20-11-24(37)28(40)38(14-20)16(4)18-7-8-25(32-12-18)35-29-33-13-22(31)26(36-29)19-9-21(30)27-23(10-19)39(15(2)3)17(5)34-27/h3*7-10,12-13,15-16,20,24H,6,11,14H2,1-5H3,(H,32,33,35,36)/t2*16-,20?,24?;/m10./s1. The van der Waals surface area contributed by atoms with Crippen LogP contribution in [0.4, 0.5) is 61.6 Å². The van der Waals surface area contributed by atoms with Crippen molar-refractivity contribution in [3.05, 3.63) is 179 Å². The van der Waals surface area contributed by atoms with Gasteiger partial charge in [0.25, 0.3) is 0 Å². The van der Waals surface area contributed by atoms with Crippen molar-refractivity contribution in [1.82, 2.24) is 103 Å². The monoisotopic (exact) mass is 1640 g/mol. The fourth-order valence-corrected chi connectivity index (χ4v) is 18.3. The minimum Gasteiger partial charge on any atom is -0.333 e. The van der Waals surface area contributed by atoms with Gasteiger partial charge in [-0.2, -0.15) is 0 Å². The number of nitrogens with one attached hydrogen (secondary N) is 3. The molecule has 9 aromatic heterocycles. The fraction of sp³-hybridized carbons (Fsp3) is 0.414. The van der Waals surface area contributed by atoms with Crippen LogP contribution in [0.3, 0.4) is 0 Å². The van der Waals surface area contributed by atoms with Crippen LogP contribution in [-0.2, 0) is 14.4 Å². The summed E-state index contributed by atoms with van der Waals surface area (Å²) in [6.45, 7) is 34.5. The van der Waals surface area contributed by atoms with Gasteiger partial charge in [0.2, 0.25) is 35.6 Å². The molecule has 21 rings (SSSR count). The van der Waals surface area contributed by atoms with Crippen molar-refractivity contribution in [1.29, 1.82) is 0 Å². The quantitative estimate of drug-likeness (QED) is 0.0564. The Hall–Kier alpha value is -12.0. The van der Waals surface area contributed by atoms with Gasteiger partial charge >= 0.3 is 0 Å². The fourth-order valence-electron chi connectivity index (χ4n) is 18.3. The third-order valence-corrected chi connectivity index (χ3v) is 24.4. The number of aryl methyl sites for hydroxylation is 3. The van der Waals surface area contributed by atoms with Crippen LogP contribution in [0.5, 0.6) is 0 Å². The Morgan fingerprint density at radius 3 is 0.850 bits per heavy atom. The van der Waals surface area contributed by atoms with Gasteiger partial charge in [-0.3, -0.25) is 29.1 Å². The molecule has 7 unspecified atom stereocenters. The smallest absolute Gasteiger partial charge is 0.240 e. The van der Waals surface area contributed by atoms with Gasteiger partial charge < -0.3 is 44.4 Å². The average molecular weight is 1640 g/mol. The molecule has 27 nitrogen and oxygen atoms in total. The van der Waals surface area contributed by atoms with Gasteiger partial charge in [0.15, 0.2) is 34.9 Å². The summed E-state index contributed by atoms with van der Waals surface area (Å²) in [7, 11) is 0. The summed E-state index contributed by atoms with van der Waals surface area (Å²) in [5.41, 5.74) is 6.01. The predicted molar refractivity (Wildman–Crippen MR) is 444 cm³/mol. The van der Waals surface area contributed by atoms with Crippen molar-refractivity contribution in [3.63, 3.8) is 0 Å². The molecule has 9 saturated heterocycles. The van der Waals surface area contributed by atoms with E-state index in [4.69, 9.17) is 0 Å². The van der Waals surface area contributed by atoms with Gasteiger partial charge in [0.1, 0.15) is 68.6 Å². The highest BCUT2D eigenvalue weighted by Crippen LogP contribution is 2.42. The van der Waals surface area contributed by atoms with E-state index in [-0.39, 0.29) is 140 Å². The Bertz CT molecular complexity index is 5370. The molecule has 12 aromatic rings. The largest absolute Gasteiger partial charge is 0.333 e. The number of amides is 3. The first kappa shape index (κ1) is 81.8. The number of aromatic nitrogens is 15. The molecule has 0 spiro atoms. The number of piperidine rings is 3. The molecule has 0 saturated carbocycles. The van der Waals surface area contributed by atoms with Crippen LogP contribution in [0.15, 0.2) is 110 Å². The summed E-state index contributed by atoms with van der Waals surface area (Å²) in [5, 5.41) is 9.03. The lowest BCUT2D eigenvalue weighted by molar-refractivity contribution is -0.163. The number of imidazole rings is 3. The van der Waals surface area contributed by atoms with E-state index in [1.165, 1.54) is 18.2 Å². The molecule has 120 heavy (non-hydrogen) atoms. The zero-order valence-corrected chi connectivity index (χ0v) is 69.6. The Balaban J connectivity index is 0.000000134. The van der Waals surface area contributed by atoms with Crippen LogP contribution in [0.25, 0.3) is 66.9 Å². The summed E-state index contributed by atoms with van der Waals surface area (Å²) in [6.07, 6.45) is 11.2. The molecule has 0 radical (unpaired) electrons. The predicted octanol–water partition coefficient (Wildman–Crippen LogP) is 15.5. The molecule has 3 amide bonds. The molecule has 9 fully saturated rings. The van der Waals surface area contributed by atoms with Gasteiger partial charge in [0.05, 0.1) is 71.4 Å². The van der Waals surface area contributed by atoms with Crippen LogP contribution in [0, 0.1) is 55.7 Å². The molecular formula is C87H96F6N24O3. The highest BCUT2D eigenvalue weighted by Gasteiger charge is 2.53. The van der Waals surface area contributed by atoms with Crippen LogP contribution in [0.1, 0.15) is 173 Å². The number of anilines is 6. The minimum absolute atomic E-state index is 0.00550. The Morgan fingerprint density at radius 2 is 0.625 bits per heavy atom. The lowest BCUT2D eigenvalue weighted by atomic mass is 9.85. The Labute approximate surface area is 690 Å². The first-order chi connectivity index (χ1) is 57.5. The number of halogens is 6. The maximum absolute atomic E-state index is 15.0. The van der Waals surface area contributed by atoms with Gasteiger partial charge in [0, 0.05) is 91.2 Å². The average Bonchev–Trinajstić information content (AvgIpc) is 1.28. The molecular weight excluding hydrogens is 1540 g/mol. The highest BCUT2D eigenvalue weighted by atomic mass is 19.1. The zero-order chi connectivity index (χ0) is 84.9. The molecule has 0 aliphatic carbocycles. The first-order valence-electron chi connectivity index (χ1n) is 41.0. The van der Waals surface area contributed by atoms with Crippen molar-refractivity contribution in [2.45, 2.75) is 196 Å². The second-order valence-corrected chi connectivity index (χ2v) is 32.5. The number of fused-ring (bicyclic) bond motifs is 9. The van der Waals surface area contributed by atoms with Crippen molar-refractivity contribution >= 4 is 86.1 Å². The van der Waals surface area contributed by atoms with Crippen LogP contribution in [-0.4, -0.2) is 196 Å². The highest BCUT2D eigenvalue weighted by molar-refractivity contribution is 5.88. The molecule has 18 heterocycles. The van der Waals surface area contributed by atoms with Crippen molar-refractivity contribution in [3.8, 4) is 33.8 Å². The Kier molecular flexibility index (Phi) is 22.2. The number of pyridine rings is 3. The number of benzene rings is 3. The molecule has 6 bridgehead atoms. The van der Waals surface area contributed by atoms with Crippen LogP contribution in [0.2, 0.25) is 0 Å². The number of hydrogen-bond donors (Lipinski definition) is 3. The molecule has 9 aliphatic heterocycles. The van der Waals surface area contributed by atoms with E-state index >= 15 is 0 Å². The number of hydrogen-bond acceptors (Lipinski definition) is 21. The van der Waals surface area contributed by atoms with Crippen molar-refractivity contribution < 1.29 is 40.7 Å². The number of likely N-dealkylation sites (N-methyl/N-ethyl adjacent to an activating group) is 3. The second kappa shape index (κ2) is 32.6. The van der Waals surface area contributed by atoms with E-state index in [0.717, 1.165) is 93.8 Å². The lowest BCUT2D eigenvalue weighted by Crippen LogP contribution is -2.71. The van der Waals surface area contributed by atoms with Gasteiger partial charge in [-0.1, -0.05) is 39.0 Å². The summed E-state index contributed by atoms with van der Waals surface area (Å²) < 4.78 is 95.3. The number of nitrogens with zero attached hydrogens (tertiary/aromatic N) is 21. The summed E-state index contributed by atoms with van der Waals surface area (Å²) in [4.78, 5) is 103.